The van der Waals surface area contributed by atoms with Crippen LogP contribution < -0.4 is 15.2 Å². The maximum Gasteiger partial charge on any atom is 0.250 e. The Morgan fingerprint density at radius 1 is 1.21 bits per heavy atom. The number of anilines is 1. The van der Waals surface area contributed by atoms with Gasteiger partial charge in [0.1, 0.15) is 0 Å². The first-order valence-electron chi connectivity index (χ1n) is 7.75. The fourth-order valence-electron chi connectivity index (χ4n) is 2.75. The van der Waals surface area contributed by atoms with E-state index >= 15 is 0 Å². The molecule has 0 aliphatic carbocycles. The number of hydrogen-bond acceptors (Lipinski definition) is 5. The molecular formula is C17H20N4O3. The number of methoxy groups -OCH3 is 1. The van der Waals surface area contributed by atoms with Gasteiger partial charge in [0.2, 0.25) is 11.8 Å². The highest BCUT2D eigenvalue weighted by molar-refractivity contribution is 5.95. The van der Waals surface area contributed by atoms with E-state index in [4.69, 9.17) is 4.74 Å². The first-order valence-corrected chi connectivity index (χ1v) is 7.75. The number of nitrogens with zero attached hydrogens (tertiary/aromatic N) is 4. The molecule has 126 valence electrons. The molecule has 0 spiro atoms. The summed E-state index contributed by atoms with van der Waals surface area (Å²) < 4.78 is 6.64. The van der Waals surface area contributed by atoms with E-state index in [1.165, 1.54) is 4.57 Å². The summed E-state index contributed by atoms with van der Waals surface area (Å²) in [5.74, 6) is 0.515. The van der Waals surface area contributed by atoms with Crippen molar-refractivity contribution in [3.8, 4) is 5.88 Å². The first kappa shape index (κ1) is 16.2. The van der Waals surface area contributed by atoms with Crippen LogP contribution in [0.5, 0.6) is 5.88 Å². The number of pyridine rings is 2. The Labute approximate surface area is 140 Å². The molecular weight excluding hydrogens is 308 g/mol. The Balaban J connectivity index is 1.67. The van der Waals surface area contributed by atoms with Crippen molar-refractivity contribution in [2.24, 2.45) is 7.05 Å². The van der Waals surface area contributed by atoms with Crippen molar-refractivity contribution in [2.75, 3.05) is 31.6 Å². The van der Waals surface area contributed by atoms with Gasteiger partial charge < -0.3 is 14.2 Å². The smallest absolute Gasteiger partial charge is 0.250 e. The number of aryl methyl sites for hydroxylation is 1. The number of ether oxygens (including phenoxy) is 1. The number of carbonyl (C=O) groups excluding carboxylic acids is 1. The molecule has 3 rings (SSSR count). The van der Waals surface area contributed by atoms with Crippen LogP contribution in [0.15, 0.2) is 41.5 Å². The van der Waals surface area contributed by atoms with Crippen molar-refractivity contribution in [1.29, 1.82) is 0 Å². The Morgan fingerprint density at radius 2 is 2.04 bits per heavy atom. The molecule has 3 heterocycles. The maximum absolute atomic E-state index is 12.5. The first-order chi connectivity index (χ1) is 11.6. The van der Waals surface area contributed by atoms with E-state index in [1.54, 1.807) is 49.7 Å². The molecule has 0 unspecified atom stereocenters. The summed E-state index contributed by atoms with van der Waals surface area (Å²) in [6.45, 7) is 2.25. The van der Waals surface area contributed by atoms with Crippen LogP contribution >= 0.6 is 0 Å². The third kappa shape index (κ3) is 3.46. The fourth-order valence-corrected chi connectivity index (χ4v) is 2.75. The third-order valence-corrected chi connectivity index (χ3v) is 4.11. The molecule has 1 fully saturated rings. The lowest BCUT2D eigenvalue weighted by Gasteiger charge is -2.34. The Bertz CT molecular complexity index is 802. The van der Waals surface area contributed by atoms with Crippen LogP contribution in [0.4, 0.5) is 5.69 Å². The molecule has 2 aromatic heterocycles. The Kier molecular flexibility index (Phi) is 4.61. The standard InChI is InChI=1S/C17H20N4O3/c1-19-6-4-13(9-16(19)22)11-20-7-8-21(17(23)12-20)14-3-5-18-15(10-14)24-2/h3-6,9-10H,7-8,11-12H2,1-2H3. The zero-order valence-electron chi connectivity index (χ0n) is 13.8. The third-order valence-electron chi connectivity index (χ3n) is 4.11. The molecule has 7 heteroatoms. The topological polar surface area (TPSA) is 67.7 Å². The Morgan fingerprint density at radius 3 is 2.75 bits per heavy atom. The average molecular weight is 328 g/mol. The van der Waals surface area contributed by atoms with Gasteiger partial charge in [-0.2, -0.15) is 0 Å². The highest BCUT2D eigenvalue weighted by Gasteiger charge is 2.25. The van der Waals surface area contributed by atoms with Gasteiger partial charge in [0.15, 0.2) is 0 Å². The van der Waals surface area contributed by atoms with Crippen LogP contribution in [0, 0.1) is 0 Å². The molecule has 0 aromatic carbocycles. The van der Waals surface area contributed by atoms with Crippen molar-refractivity contribution in [1.82, 2.24) is 14.5 Å². The van der Waals surface area contributed by atoms with Crippen molar-refractivity contribution in [2.45, 2.75) is 6.54 Å². The number of piperazine rings is 1. The van der Waals surface area contributed by atoms with Crippen LogP contribution in [-0.2, 0) is 18.4 Å². The molecule has 0 N–H and O–H groups in total. The molecule has 0 bridgehead atoms. The monoisotopic (exact) mass is 328 g/mol. The summed E-state index contributed by atoms with van der Waals surface area (Å²) in [6.07, 6.45) is 3.38. The number of rotatable bonds is 4. The van der Waals surface area contributed by atoms with E-state index in [2.05, 4.69) is 4.98 Å². The van der Waals surface area contributed by atoms with Gasteiger partial charge in [0.05, 0.1) is 19.3 Å². The summed E-state index contributed by atoms with van der Waals surface area (Å²) in [5.41, 5.74) is 1.67. The Hall–Kier alpha value is -2.67. The molecule has 1 amide bonds. The minimum absolute atomic E-state index is 0.0262. The number of aromatic nitrogens is 2. The van der Waals surface area contributed by atoms with E-state index in [1.807, 2.05) is 11.0 Å². The van der Waals surface area contributed by atoms with Crippen LogP contribution in [0.2, 0.25) is 0 Å². The van der Waals surface area contributed by atoms with E-state index in [-0.39, 0.29) is 11.5 Å². The zero-order chi connectivity index (χ0) is 17.1. The van der Waals surface area contributed by atoms with Gasteiger partial charge in [-0.05, 0) is 17.7 Å². The SMILES string of the molecule is COc1cc(N2CCN(Cc3ccn(C)c(=O)c3)CC2=O)ccn1. The van der Waals surface area contributed by atoms with E-state index < -0.39 is 0 Å². The largest absolute Gasteiger partial charge is 0.481 e. The molecule has 0 atom stereocenters. The number of amides is 1. The number of hydrogen-bond donors (Lipinski definition) is 0. The summed E-state index contributed by atoms with van der Waals surface area (Å²) in [4.78, 5) is 32.0. The van der Waals surface area contributed by atoms with Gasteiger partial charge in [-0.3, -0.25) is 14.5 Å². The van der Waals surface area contributed by atoms with Gasteiger partial charge in [0.25, 0.3) is 5.56 Å². The highest BCUT2D eigenvalue weighted by atomic mass is 16.5. The van der Waals surface area contributed by atoms with Gasteiger partial charge >= 0.3 is 0 Å². The minimum Gasteiger partial charge on any atom is -0.481 e. The van der Waals surface area contributed by atoms with Crippen molar-refractivity contribution >= 4 is 11.6 Å². The van der Waals surface area contributed by atoms with Gasteiger partial charge in [-0.15, -0.1) is 0 Å². The van der Waals surface area contributed by atoms with E-state index in [9.17, 15) is 9.59 Å². The molecule has 0 saturated carbocycles. The molecule has 0 radical (unpaired) electrons. The molecule has 24 heavy (non-hydrogen) atoms. The summed E-state index contributed by atoms with van der Waals surface area (Å²) >= 11 is 0. The van der Waals surface area contributed by atoms with Crippen LogP contribution in [0.1, 0.15) is 5.56 Å². The quantitative estimate of drug-likeness (QED) is 0.824. The van der Waals surface area contributed by atoms with E-state index in [0.29, 0.717) is 25.5 Å². The normalized spacial score (nSPS) is 15.6. The highest BCUT2D eigenvalue weighted by Crippen LogP contribution is 2.21. The molecule has 1 aliphatic heterocycles. The second-order valence-electron chi connectivity index (χ2n) is 5.80. The lowest BCUT2D eigenvalue weighted by atomic mass is 10.2. The predicted octanol–water partition coefficient (Wildman–Crippen LogP) is 0.638. The molecule has 1 saturated heterocycles. The number of carbonyl (C=O) groups is 1. The average Bonchev–Trinajstić information content (AvgIpc) is 2.58. The predicted molar refractivity (Wildman–Crippen MR) is 90.1 cm³/mol. The molecule has 1 aliphatic rings. The zero-order valence-corrected chi connectivity index (χ0v) is 13.8. The van der Waals surface area contributed by atoms with Crippen molar-refractivity contribution < 1.29 is 9.53 Å². The molecule has 7 nitrogen and oxygen atoms in total. The van der Waals surface area contributed by atoms with Gasteiger partial charge in [0, 0.05) is 51.2 Å². The van der Waals surface area contributed by atoms with E-state index in [0.717, 1.165) is 17.8 Å². The van der Waals surface area contributed by atoms with Crippen LogP contribution in [-0.4, -0.2) is 47.1 Å². The lowest BCUT2D eigenvalue weighted by Crippen LogP contribution is -2.50. The summed E-state index contributed by atoms with van der Waals surface area (Å²) in [6, 6.07) is 7.09. The lowest BCUT2D eigenvalue weighted by molar-refractivity contribution is -0.121. The molecule has 2 aromatic rings. The second kappa shape index (κ2) is 6.84. The minimum atomic E-state index is -0.0404. The second-order valence-corrected chi connectivity index (χ2v) is 5.80. The summed E-state index contributed by atoms with van der Waals surface area (Å²) in [7, 11) is 3.27. The summed E-state index contributed by atoms with van der Waals surface area (Å²) in [5, 5.41) is 0. The van der Waals surface area contributed by atoms with Crippen molar-refractivity contribution in [3.63, 3.8) is 0 Å². The van der Waals surface area contributed by atoms with Crippen molar-refractivity contribution in [3.05, 3.63) is 52.6 Å². The maximum atomic E-state index is 12.5. The van der Waals surface area contributed by atoms with Crippen LogP contribution in [0.3, 0.4) is 0 Å². The van der Waals surface area contributed by atoms with Crippen LogP contribution in [0.25, 0.3) is 0 Å². The van der Waals surface area contributed by atoms with Gasteiger partial charge in [-0.1, -0.05) is 0 Å². The fraction of sp³-hybridized carbons (Fsp3) is 0.353. The van der Waals surface area contributed by atoms with Gasteiger partial charge in [-0.25, -0.2) is 4.98 Å².